The Balaban J connectivity index is 1.87. The van der Waals surface area contributed by atoms with E-state index in [9.17, 15) is 17.6 Å². The largest absolute Gasteiger partial charge is 0.204 e. The molecule has 0 nitrogen and oxygen atoms in total. The van der Waals surface area contributed by atoms with E-state index in [1.807, 2.05) is 0 Å². The van der Waals surface area contributed by atoms with E-state index in [2.05, 4.69) is 0 Å². The molecule has 0 radical (unpaired) electrons. The highest BCUT2D eigenvalue weighted by atomic mass is 19.2. The zero-order chi connectivity index (χ0) is 16.6. The lowest BCUT2D eigenvalue weighted by Gasteiger charge is -2.23. The van der Waals surface area contributed by atoms with Crippen LogP contribution < -0.4 is 0 Å². The van der Waals surface area contributed by atoms with Crippen LogP contribution in [0.4, 0.5) is 17.6 Å². The molecule has 0 aliphatic heterocycles. The lowest BCUT2D eigenvalue weighted by molar-refractivity contribution is 0.479. The van der Waals surface area contributed by atoms with E-state index in [4.69, 9.17) is 0 Å². The Kier molecular flexibility index (Phi) is 4.24. The number of aryl methyl sites for hydroxylation is 1. The van der Waals surface area contributed by atoms with Crippen LogP contribution in [0.15, 0.2) is 36.4 Å². The van der Waals surface area contributed by atoms with Gasteiger partial charge in [0.1, 0.15) is 0 Å². The van der Waals surface area contributed by atoms with Gasteiger partial charge < -0.3 is 0 Å². The van der Waals surface area contributed by atoms with Crippen molar-refractivity contribution >= 4 is 5.57 Å². The molecule has 0 fully saturated rings. The van der Waals surface area contributed by atoms with Crippen LogP contribution in [-0.4, -0.2) is 0 Å². The number of rotatable bonds is 2. The first-order valence-corrected chi connectivity index (χ1v) is 7.57. The summed E-state index contributed by atoms with van der Waals surface area (Å²) in [7, 11) is 0. The average Bonchev–Trinajstić information content (AvgIpc) is 2.56. The van der Waals surface area contributed by atoms with Gasteiger partial charge in [-0.05, 0) is 54.9 Å². The molecule has 23 heavy (non-hydrogen) atoms. The van der Waals surface area contributed by atoms with Crippen molar-refractivity contribution in [2.24, 2.45) is 0 Å². The van der Waals surface area contributed by atoms with Crippen LogP contribution in [-0.2, 0) is 0 Å². The van der Waals surface area contributed by atoms with Crippen LogP contribution in [0, 0.1) is 30.2 Å². The van der Waals surface area contributed by atoms with Gasteiger partial charge >= 0.3 is 0 Å². The second kappa shape index (κ2) is 6.19. The smallest absolute Gasteiger partial charge is 0.166 e. The Labute approximate surface area is 132 Å². The molecule has 0 spiro atoms. The topological polar surface area (TPSA) is 0 Å². The normalized spacial score (nSPS) is 18.0. The van der Waals surface area contributed by atoms with E-state index in [0.717, 1.165) is 11.6 Å². The maximum atomic E-state index is 14.1. The Morgan fingerprint density at radius 1 is 0.913 bits per heavy atom. The summed E-state index contributed by atoms with van der Waals surface area (Å²) in [6.45, 7) is 1.51. The minimum Gasteiger partial charge on any atom is -0.204 e. The number of hydrogen-bond donors (Lipinski definition) is 0. The average molecular weight is 320 g/mol. The summed E-state index contributed by atoms with van der Waals surface area (Å²) in [5, 5.41) is 0. The van der Waals surface area contributed by atoms with Gasteiger partial charge in [0, 0.05) is 5.56 Å². The fraction of sp³-hybridized carbons (Fsp3) is 0.263. The van der Waals surface area contributed by atoms with Gasteiger partial charge in [-0.1, -0.05) is 30.3 Å². The van der Waals surface area contributed by atoms with Crippen molar-refractivity contribution in [3.8, 4) is 0 Å². The molecule has 1 unspecified atom stereocenters. The third-order valence-corrected chi connectivity index (χ3v) is 4.45. The second-order valence-electron chi connectivity index (χ2n) is 5.90. The molecule has 3 rings (SSSR count). The monoisotopic (exact) mass is 320 g/mol. The molecular weight excluding hydrogens is 304 g/mol. The van der Waals surface area contributed by atoms with Crippen molar-refractivity contribution in [2.75, 3.05) is 0 Å². The quantitative estimate of drug-likeness (QED) is 0.604. The van der Waals surface area contributed by atoms with Crippen molar-refractivity contribution < 1.29 is 17.6 Å². The molecule has 2 aromatic carbocycles. The fourth-order valence-corrected chi connectivity index (χ4v) is 3.09. The Morgan fingerprint density at radius 3 is 2.39 bits per heavy atom. The zero-order valence-electron chi connectivity index (χ0n) is 12.7. The lowest BCUT2D eigenvalue weighted by atomic mass is 9.82. The third kappa shape index (κ3) is 2.90. The van der Waals surface area contributed by atoms with Crippen LogP contribution in [0.25, 0.3) is 5.57 Å². The SMILES string of the molecule is Cc1ccc(C2=CCC(c3cccc(F)c3F)CC2)c(F)c1F. The maximum absolute atomic E-state index is 14.1. The fourth-order valence-electron chi connectivity index (χ4n) is 3.09. The molecule has 0 heterocycles. The number of benzene rings is 2. The zero-order valence-corrected chi connectivity index (χ0v) is 12.7. The van der Waals surface area contributed by atoms with Gasteiger partial charge in [0.15, 0.2) is 23.3 Å². The molecule has 0 amide bonds. The van der Waals surface area contributed by atoms with Gasteiger partial charge in [0.05, 0.1) is 0 Å². The minimum absolute atomic E-state index is 0.146. The molecule has 2 aromatic rings. The first kappa shape index (κ1) is 15.8. The van der Waals surface area contributed by atoms with Crippen molar-refractivity contribution in [3.63, 3.8) is 0 Å². The third-order valence-electron chi connectivity index (χ3n) is 4.45. The van der Waals surface area contributed by atoms with Gasteiger partial charge in [-0.2, -0.15) is 0 Å². The van der Waals surface area contributed by atoms with Crippen LogP contribution in [0.1, 0.15) is 41.9 Å². The van der Waals surface area contributed by atoms with Crippen LogP contribution in [0.3, 0.4) is 0 Å². The van der Waals surface area contributed by atoms with Gasteiger partial charge in [0.2, 0.25) is 0 Å². The van der Waals surface area contributed by atoms with Gasteiger partial charge in [-0.3, -0.25) is 0 Å². The first-order valence-electron chi connectivity index (χ1n) is 7.57. The van der Waals surface area contributed by atoms with Crippen molar-refractivity contribution in [1.29, 1.82) is 0 Å². The Bertz CT molecular complexity index is 777. The molecule has 0 aromatic heterocycles. The van der Waals surface area contributed by atoms with E-state index in [0.29, 0.717) is 24.8 Å². The molecule has 4 heteroatoms. The predicted octanol–water partition coefficient (Wildman–Crippen LogP) is 5.90. The minimum atomic E-state index is -0.857. The van der Waals surface area contributed by atoms with Crippen LogP contribution >= 0.6 is 0 Å². The summed E-state index contributed by atoms with van der Waals surface area (Å²) in [6, 6.07) is 7.28. The number of allylic oxidation sites excluding steroid dienone is 2. The molecule has 1 atom stereocenters. The van der Waals surface area contributed by atoms with E-state index < -0.39 is 23.3 Å². The summed E-state index contributed by atoms with van der Waals surface area (Å²) in [6.07, 6.45) is 3.34. The van der Waals surface area contributed by atoms with Gasteiger partial charge in [-0.25, -0.2) is 17.6 Å². The standard InChI is InChI=1S/C19H16F4/c1-11-5-10-15(19(23)17(11)21)13-8-6-12(7-9-13)14-3-2-4-16(20)18(14)22/h2-5,8,10,12H,6-7,9H2,1H3. The number of halogens is 4. The molecule has 1 aliphatic rings. The van der Waals surface area contributed by atoms with Gasteiger partial charge in [0.25, 0.3) is 0 Å². The van der Waals surface area contributed by atoms with E-state index >= 15 is 0 Å². The molecule has 0 bridgehead atoms. The summed E-state index contributed by atoms with van der Waals surface area (Å²) in [4.78, 5) is 0. The van der Waals surface area contributed by atoms with Crippen LogP contribution in [0.5, 0.6) is 0 Å². The molecule has 0 saturated carbocycles. The maximum Gasteiger partial charge on any atom is 0.166 e. The molecule has 0 N–H and O–H groups in total. The van der Waals surface area contributed by atoms with E-state index in [-0.39, 0.29) is 17.0 Å². The molecular formula is C19H16F4. The van der Waals surface area contributed by atoms with E-state index in [1.54, 1.807) is 24.3 Å². The van der Waals surface area contributed by atoms with Crippen molar-refractivity contribution in [3.05, 3.63) is 76.4 Å². The van der Waals surface area contributed by atoms with Gasteiger partial charge in [-0.15, -0.1) is 0 Å². The van der Waals surface area contributed by atoms with Crippen molar-refractivity contribution in [2.45, 2.75) is 32.1 Å². The number of hydrogen-bond acceptors (Lipinski definition) is 0. The summed E-state index contributed by atoms with van der Waals surface area (Å²) in [5.41, 5.74) is 1.58. The molecule has 0 saturated heterocycles. The molecule has 1 aliphatic carbocycles. The Hall–Kier alpha value is -2.10. The Morgan fingerprint density at radius 2 is 1.70 bits per heavy atom. The van der Waals surface area contributed by atoms with Crippen molar-refractivity contribution in [1.82, 2.24) is 0 Å². The summed E-state index contributed by atoms with van der Waals surface area (Å²) >= 11 is 0. The highest BCUT2D eigenvalue weighted by Gasteiger charge is 2.23. The summed E-state index contributed by atoms with van der Waals surface area (Å²) in [5.74, 6) is -3.49. The van der Waals surface area contributed by atoms with E-state index in [1.165, 1.54) is 13.0 Å². The highest BCUT2D eigenvalue weighted by Crippen LogP contribution is 2.38. The predicted molar refractivity (Wildman–Crippen MR) is 82.0 cm³/mol. The highest BCUT2D eigenvalue weighted by molar-refractivity contribution is 5.67. The lowest BCUT2D eigenvalue weighted by Crippen LogP contribution is -2.08. The summed E-state index contributed by atoms with van der Waals surface area (Å²) < 4.78 is 54.9. The first-order chi connectivity index (χ1) is 11.0. The molecule has 120 valence electrons. The van der Waals surface area contributed by atoms with Crippen LogP contribution in [0.2, 0.25) is 0 Å². The second-order valence-corrected chi connectivity index (χ2v) is 5.90.